The van der Waals surface area contributed by atoms with E-state index in [1.807, 2.05) is 12.2 Å². The molecular weight excluding hydrogens is 296 g/mol. The van der Waals surface area contributed by atoms with Crippen LogP contribution in [0.1, 0.15) is 16.8 Å². The molecule has 2 fully saturated rings. The molecule has 6 nitrogen and oxygen atoms in total. The Kier molecular flexibility index (Phi) is 3.01. The van der Waals surface area contributed by atoms with Gasteiger partial charge < -0.3 is 4.74 Å². The van der Waals surface area contributed by atoms with Gasteiger partial charge in [-0.15, -0.1) is 0 Å². The van der Waals surface area contributed by atoms with Crippen molar-refractivity contribution >= 4 is 17.7 Å². The second kappa shape index (κ2) is 4.94. The highest BCUT2D eigenvalue weighted by Crippen LogP contribution is 2.52. The fourth-order valence-electron chi connectivity index (χ4n) is 4.01. The van der Waals surface area contributed by atoms with E-state index in [4.69, 9.17) is 4.74 Å². The van der Waals surface area contributed by atoms with Crippen molar-refractivity contribution in [3.8, 4) is 5.75 Å². The number of nitrogens with one attached hydrogen (secondary N) is 1. The molecule has 1 saturated heterocycles. The molecule has 1 aromatic rings. The van der Waals surface area contributed by atoms with E-state index in [1.54, 1.807) is 24.3 Å². The monoisotopic (exact) mass is 312 g/mol. The third-order valence-electron chi connectivity index (χ3n) is 5.04. The van der Waals surface area contributed by atoms with Crippen molar-refractivity contribution in [2.75, 3.05) is 7.11 Å². The summed E-state index contributed by atoms with van der Waals surface area (Å²) in [4.78, 5) is 37.5. The molecule has 118 valence electrons. The van der Waals surface area contributed by atoms with Crippen molar-refractivity contribution < 1.29 is 19.1 Å². The first kappa shape index (κ1) is 14.0. The number of rotatable bonds is 3. The number of hydrogen-bond acceptors (Lipinski definition) is 4. The number of imide groups is 1. The van der Waals surface area contributed by atoms with Crippen LogP contribution in [-0.2, 0) is 9.59 Å². The summed E-state index contributed by atoms with van der Waals surface area (Å²) < 4.78 is 5.14. The molecule has 3 aliphatic rings. The average Bonchev–Trinajstić information content (AvgIpc) is 3.24. The smallest absolute Gasteiger partial charge is 0.274 e. The van der Waals surface area contributed by atoms with Gasteiger partial charge in [0, 0.05) is 0 Å². The quantitative estimate of drug-likeness (QED) is 0.671. The summed E-state index contributed by atoms with van der Waals surface area (Å²) >= 11 is 0. The minimum atomic E-state index is -0.524. The van der Waals surface area contributed by atoms with Crippen LogP contribution in [0, 0.1) is 23.7 Å². The molecule has 0 aromatic heterocycles. The highest BCUT2D eigenvalue weighted by atomic mass is 16.5. The van der Waals surface area contributed by atoms with Crippen molar-refractivity contribution in [2.24, 2.45) is 23.7 Å². The fraction of sp³-hybridized carbons (Fsp3) is 0.353. The lowest BCUT2D eigenvalue weighted by molar-refractivity contribution is -0.143. The summed E-state index contributed by atoms with van der Waals surface area (Å²) in [6, 6.07) is 6.69. The molecule has 0 spiro atoms. The van der Waals surface area contributed by atoms with Gasteiger partial charge in [0.15, 0.2) is 0 Å². The number of ether oxygens (including phenoxy) is 1. The number of hydrogen-bond donors (Lipinski definition) is 1. The first-order valence-electron chi connectivity index (χ1n) is 7.62. The van der Waals surface area contributed by atoms with Gasteiger partial charge in [-0.1, -0.05) is 24.3 Å². The van der Waals surface area contributed by atoms with Gasteiger partial charge in [0.05, 0.1) is 24.5 Å². The lowest BCUT2D eigenvalue weighted by Crippen LogP contribution is -2.47. The predicted octanol–water partition coefficient (Wildman–Crippen LogP) is 1.15. The van der Waals surface area contributed by atoms with Gasteiger partial charge in [-0.3, -0.25) is 19.8 Å². The number of allylic oxidation sites excluding steroid dienone is 2. The van der Waals surface area contributed by atoms with E-state index in [0.717, 1.165) is 11.4 Å². The van der Waals surface area contributed by atoms with Crippen LogP contribution in [0.2, 0.25) is 0 Å². The van der Waals surface area contributed by atoms with Gasteiger partial charge in [0.2, 0.25) is 0 Å². The van der Waals surface area contributed by atoms with E-state index < -0.39 is 5.91 Å². The number of hydrazine groups is 1. The summed E-state index contributed by atoms with van der Waals surface area (Å²) in [5.41, 5.74) is 2.74. The number of amides is 3. The van der Waals surface area contributed by atoms with Gasteiger partial charge in [-0.2, -0.15) is 5.01 Å². The number of nitrogens with zero attached hydrogens (tertiary/aromatic N) is 1. The fourth-order valence-corrected chi connectivity index (χ4v) is 4.01. The van der Waals surface area contributed by atoms with E-state index in [2.05, 4.69) is 5.43 Å². The van der Waals surface area contributed by atoms with Crippen molar-refractivity contribution in [1.82, 2.24) is 10.4 Å². The van der Waals surface area contributed by atoms with Crippen molar-refractivity contribution in [3.05, 3.63) is 42.0 Å². The highest BCUT2D eigenvalue weighted by molar-refractivity contribution is 6.09. The van der Waals surface area contributed by atoms with Crippen LogP contribution in [0.3, 0.4) is 0 Å². The SMILES string of the molecule is COc1ccccc1C(=O)NN1C(=O)[C@@H]2[C@@H](C1=O)[C@@H]1C=C[C@@H]2C1. The third kappa shape index (κ3) is 1.91. The molecule has 0 unspecified atom stereocenters. The molecule has 1 aromatic carbocycles. The molecule has 3 amide bonds. The van der Waals surface area contributed by atoms with Crippen molar-refractivity contribution in [3.63, 3.8) is 0 Å². The van der Waals surface area contributed by atoms with Crippen LogP contribution in [0.25, 0.3) is 0 Å². The van der Waals surface area contributed by atoms with Crippen molar-refractivity contribution in [1.29, 1.82) is 0 Å². The largest absolute Gasteiger partial charge is 0.496 e. The summed E-state index contributed by atoms with van der Waals surface area (Å²) in [6.45, 7) is 0. The van der Waals surface area contributed by atoms with Crippen LogP contribution in [-0.4, -0.2) is 29.8 Å². The van der Waals surface area contributed by atoms with Gasteiger partial charge in [-0.25, -0.2) is 0 Å². The molecule has 1 aliphatic heterocycles. The lowest BCUT2D eigenvalue weighted by atomic mass is 9.85. The zero-order valence-electron chi connectivity index (χ0n) is 12.6. The predicted molar refractivity (Wildman–Crippen MR) is 80.0 cm³/mol. The molecule has 0 radical (unpaired) electrons. The second-order valence-corrected chi connectivity index (χ2v) is 6.15. The minimum absolute atomic E-state index is 0.120. The Labute approximate surface area is 133 Å². The number of benzene rings is 1. The molecule has 1 saturated carbocycles. The number of fused-ring (bicyclic) bond motifs is 5. The van der Waals surface area contributed by atoms with E-state index in [9.17, 15) is 14.4 Å². The van der Waals surface area contributed by atoms with E-state index in [1.165, 1.54) is 7.11 Å². The maximum atomic E-state index is 12.5. The topological polar surface area (TPSA) is 75.7 Å². The van der Waals surface area contributed by atoms with Crippen LogP contribution in [0.15, 0.2) is 36.4 Å². The number of carbonyl (C=O) groups excluding carboxylic acids is 3. The standard InChI is InChI=1S/C17H16N2O4/c1-23-12-5-3-2-4-11(12)15(20)18-19-16(21)13-9-6-7-10(8-9)14(13)17(19)22/h2-7,9-10,13-14H,8H2,1H3,(H,18,20)/t9-,10-,13+,14+/m1/s1. The molecule has 2 bridgehead atoms. The van der Waals surface area contributed by atoms with E-state index in [0.29, 0.717) is 5.75 Å². The third-order valence-corrected chi connectivity index (χ3v) is 5.04. The Bertz CT molecular complexity index is 712. The van der Waals surface area contributed by atoms with Crippen LogP contribution < -0.4 is 10.2 Å². The Balaban J connectivity index is 1.57. The average molecular weight is 312 g/mol. The molecule has 1 heterocycles. The minimum Gasteiger partial charge on any atom is -0.496 e. The summed E-state index contributed by atoms with van der Waals surface area (Å²) in [6.07, 6.45) is 4.90. The summed E-state index contributed by atoms with van der Waals surface area (Å²) in [5, 5.41) is 0.899. The van der Waals surface area contributed by atoms with Crippen LogP contribution >= 0.6 is 0 Å². The summed E-state index contributed by atoms with van der Waals surface area (Å²) in [5.74, 6) is -1.15. The highest BCUT2D eigenvalue weighted by Gasteiger charge is 2.59. The van der Waals surface area contributed by atoms with E-state index in [-0.39, 0.29) is 41.0 Å². The molecule has 2 aliphatic carbocycles. The number of methoxy groups -OCH3 is 1. The maximum Gasteiger partial charge on any atom is 0.274 e. The molecule has 6 heteroatoms. The molecular formula is C17H16N2O4. The van der Waals surface area contributed by atoms with Crippen molar-refractivity contribution in [2.45, 2.75) is 6.42 Å². The Hall–Kier alpha value is -2.63. The number of carbonyl (C=O) groups is 3. The lowest BCUT2D eigenvalue weighted by Gasteiger charge is -2.18. The zero-order valence-corrected chi connectivity index (χ0v) is 12.6. The van der Waals surface area contributed by atoms with Gasteiger partial charge in [0.1, 0.15) is 5.75 Å². The maximum absolute atomic E-state index is 12.5. The Morgan fingerprint density at radius 3 is 2.35 bits per heavy atom. The Morgan fingerprint density at radius 1 is 1.13 bits per heavy atom. The first-order valence-corrected chi connectivity index (χ1v) is 7.62. The normalized spacial score (nSPS) is 30.7. The Morgan fingerprint density at radius 2 is 1.74 bits per heavy atom. The van der Waals surface area contributed by atoms with Crippen LogP contribution in [0.5, 0.6) is 5.75 Å². The van der Waals surface area contributed by atoms with Gasteiger partial charge in [0.25, 0.3) is 17.7 Å². The first-order chi connectivity index (χ1) is 11.1. The second-order valence-electron chi connectivity index (χ2n) is 6.15. The molecule has 1 N–H and O–H groups in total. The zero-order chi connectivity index (χ0) is 16.1. The summed E-state index contributed by atoms with van der Waals surface area (Å²) in [7, 11) is 1.46. The number of para-hydroxylation sites is 1. The van der Waals surface area contributed by atoms with Crippen LogP contribution in [0.4, 0.5) is 0 Å². The van der Waals surface area contributed by atoms with Gasteiger partial charge in [-0.05, 0) is 30.4 Å². The molecule has 23 heavy (non-hydrogen) atoms. The molecule has 4 rings (SSSR count). The van der Waals surface area contributed by atoms with E-state index >= 15 is 0 Å². The van der Waals surface area contributed by atoms with Gasteiger partial charge >= 0.3 is 0 Å². The molecule has 4 atom stereocenters.